The number of hydrogen-bond acceptors (Lipinski definition) is 7. The number of carboxylic acids is 1. The van der Waals surface area contributed by atoms with Crippen LogP contribution in [-0.2, 0) is 4.74 Å². The number of hydrogen-bond donors (Lipinski definition) is 1. The summed E-state index contributed by atoms with van der Waals surface area (Å²) in [7, 11) is 1.19. The van der Waals surface area contributed by atoms with Crippen LogP contribution in [0, 0.1) is 34.1 Å². The summed E-state index contributed by atoms with van der Waals surface area (Å²) >= 11 is 0. The van der Waals surface area contributed by atoms with E-state index in [0.717, 1.165) is 0 Å². The summed E-state index contributed by atoms with van der Waals surface area (Å²) in [5.41, 5.74) is 0.101. The van der Waals surface area contributed by atoms with Crippen molar-refractivity contribution in [3.63, 3.8) is 0 Å². The van der Waals surface area contributed by atoms with Gasteiger partial charge in [-0.05, 0) is 25.0 Å². The molecule has 142 valence electrons. The van der Waals surface area contributed by atoms with Gasteiger partial charge in [-0.2, -0.15) is 0 Å². The van der Waals surface area contributed by atoms with Crippen LogP contribution in [0.5, 0.6) is 0 Å². The molecule has 1 N–H and O–H groups in total. The van der Waals surface area contributed by atoms with Crippen molar-refractivity contribution in [2.75, 3.05) is 7.11 Å². The number of esters is 1. The Labute approximate surface area is 153 Å². The number of aromatic carboxylic acids is 1. The Morgan fingerprint density at radius 1 is 0.889 bits per heavy atom. The maximum atomic E-state index is 11.2. The van der Waals surface area contributed by atoms with E-state index >= 15 is 0 Å². The fourth-order valence-electron chi connectivity index (χ4n) is 2.25. The van der Waals surface area contributed by atoms with Crippen molar-refractivity contribution >= 4 is 23.3 Å². The Morgan fingerprint density at radius 3 is 1.63 bits per heavy atom. The molecule has 0 aromatic heterocycles. The number of benzene rings is 2. The first-order valence-corrected chi connectivity index (χ1v) is 7.41. The molecule has 0 bridgehead atoms. The number of nitrogens with zero attached hydrogens (tertiary/aromatic N) is 2. The lowest BCUT2D eigenvalue weighted by Gasteiger charge is -2.03. The molecule has 10 heteroatoms. The van der Waals surface area contributed by atoms with Gasteiger partial charge in [0, 0.05) is 12.1 Å². The summed E-state index contributed by atoms with van der Waals surface area (Å²) in [5, 5.41) is 29.7. The zero-order chi connectivity index (χ0) is 20.7. The van der Waals surface area contributed by atoms with Crippen molar-refractivity contribution in [1.82, 2.24) is 0 Å². The normalized spacial score (nSPS) is 9.59. The topological polar surface area (TPSA) is 150 Å². The zero-order valence-electron chi connectivity index (χ0n) is 14.7. The Morgan fingerprint density at radius 2 is 1.30 bits per heavy atom. The highest BCUT2D eigenvalue weighted by atomic mass is 16.6. The summed E-state index contributed by atoms with van der Waals surface area (Å²) in [6.07, 6.45) is 0. The SMILES string of the molecule is COC(=O)c1c(C)cccc1[N+](=O)[O-].Cc1cccc([N+](=O)[O-])c1C(=O)O. The van der Waals surface area contributed by atoms with Crippen molar-refractivity contribution in [1.29, 1.82) is 0 Å². The molecule has 0 aliphatic carbocycles. The highest BCUT2D eigenvalue weighted by molar-refractivity contribution is 5.95. The standard InChI is InChI=1S/C9H9NO4.C8H7NO4/c1-6-4-3-5-7(10(12)13)8(6)9(11)14-2;1-5-3-2-4-6(9(12)13)7(5)8(10)11/h3-5H,1-2H3;2-4H,1H3,(H,10,11). The minimum absolute atomic E-state index is 0.0139. The van der Waals surface area contributed by atoms with Crippen molar-refractivity contribution in [2.24, 2.45) is 0 Å². The van der Waals surface area contributed by atoms with Gasteiger partial charge in [0.15, 0.2) is 0 Å². The van der Waals surface area contributed by atoms with Gasteiger partial charge in [-0.15, -0.1) is 0 Å². The highest BCUT2D eigenvalue weighted by Crippen LogP contribution is 2.22. The lowest BCUT2D eigenvalue weighted by molar-refractivity contribution is -0.385. The van der Waals surface area contributed by atoms with E-state index in [1.807, 2.05) is 0 Å². The van der Waals surface area contributed by atoms with E-state index in [2.05, 4.69) is 4.74 Å². The molecule has 0 saturated heterocycles. The van der Waals surface area contributed by atoms with Gasteiger partial charge in [-0.3, -0.25) is 20.2 Å². The number of ether oxygens (including phenoxy) is 1. The highest BCUT2D eigenvalue weighted by Gasteiger charge is 2.22. The van der Waals surface area contributed by atoms with Crippen molar-refractivity contribution in [2.45, 2.75) is 13.8 Å². The first-order chi connectivity index (χ1) is 12.6. The minimum Gasteiger partial charge on any atom is -0.477 e. The maximum Gasteiger partial charge on any atom is 0.345 e. The first kappa shape index (κ1) is 21.2. The lowest BCUT2D eigenvalue weighted by Crippen LogP contribution is -2.07. The molecule has 0 amide bonds. The molecule has 0 aliphatic rings. The van der Waals surface area contributed by atoms with Crippen LogP contribution in [0.2, 0.25) is 0 Å². The van der Waals surface area contributed by atoms with Crippen LogP contribution in [0.4, 0.5) is 11.4 Å². The fraction of sp³-hybridized carbons (Fsp3) is 0.176. The number of carboxylic acid groups (broad SMARTS) is 1. The number of nitro groups is 2. The van der Waals surface area contributed by atoms with Crippen LogP contribution in [0.3, 0.4) is 0 Å². The van der Waals surface area contributed by atoms with Crippen LogP contribution >= 0.6 is 0 Å². The molecular weight excluding hydrogens is 360 g/mol. The van der Waals surface area contributed by atoms with Crippen molar-refractivity contribution < 1.29 is 29.3 Å². The van der Waals surface area contributed by atoms with Crippen LogP contribution in [0.25, 0.3) is 0 Å². The van der Waals surface area contributed by atoms with Crippen LogP contribution in [0.1, 0.15) is 31.8 Å². The second-order valence-electron chi connectivity index (χ2n) is 5.25. The van der Waals surface area contributed by atoms with Gasteiger partial charge in [0.25, 0.3) is 11.4 Å². The minimum atomic E-state index is -1.27. The van der Waals surface area contributed by atoms with E-state index in [1.165, 1.54) is 44.4 Å². The molecule has 0 saturated carbocycles. The van der Waals surface area contributed by atoms with Crippen LogP contribution in [0.15, 0.2) is 36.4 Å². The van der Waals surface area contributed by atoms with Gasteiger partial charge in [-0.1, -0.05) is 24.3 Å². The number of aryl methyl sites for hydroxylation is 2. The van der Waals surface area contributed by atoms with Crippen LogP contribution in [-0.4, -0.2) is 34.0 Å². The average molecular weight is 376 g/mol. The number of methoxy groups -OCH3 is 1. The molecule has 2 rings (SSSR count). The molecule has 0 spiro atoms. The molecular formula is C17H16N2O8. The Kier molecular flexibility index (Phi) is 7.10. The molecule has 10 nitrogen and oxygen atoms in total. The number of rotatable bonds is 4. The van der Waals surface area contributed by atoms with E-state index < -0.39 is 21.8 Å². The molecule has 0 heterocycles. The Balaban J connectivity index is 0.000000271. The number of nitro benzene ring substituents is 2. The lowest BCUT2D eigenvalue weighted by atomic mass is 10.1. The van der Waals surface area contributed by atoms with Crippen LogP contribution < -0.4 is 0 Å². The van der Waals surface area contributed by atoms with Gasteiger partial charge < -0.3 is 9.84 Å². The maximum absolute atomic E-state index is 11.2. The number of carbonyl (C=O) groups excluding carboxylic acids is 1. The molecule has 0 radical (unpaired) electrons. The number of carbonyl (C=O) groups is 2. The molecule has 27 heavy (non-hydrogen) atoms. The van der Waals surface area contributed by atoms with E-state index in [4.69, 9.17) is 5.11 Å². The summed E-state index contributed by atoms with van der Waals surface area (Å²) in [6, 6.07) is 8.59. The molecule has 2 aromatic rings. The molecule has 0 aliphatic heterocycles. The third kappa shape index (κ3) is 5.08. The smallest absolute Gasteiger partial charge is 0.345 e. The third-order valence-corrected chi connectivity index (χ3v) is 3.50. The second-order valence-corrected chi connectivity index (χ2v) is 5.25. The van der Waals surface area contributed by atoms with Gasteiger partial charge in [0.05, 0.1) is 17.0 Å². The summed E-state index contributed by atoms with van der Waals surface area (Å²) in [5.74, 6) is -1.96. The molecule has 0 fully saturated rings. The zero-order valence-corrected chi connectivity index (χ0v) is 14.7. The van der Waals surface area contributed by atoms with Gasteiger partial charge >= 0.3 is 11.9 Å². The van der Waals surface area contributed by atoms with Crippen molar-refractivity contribution in [3.8, 4) is 0 Å². The van der Waals surface area contributed by atoms with E-state index in [9.17, 15) is 29.8 Å². The largest absolute Gasteiger partial charge is 0.477 e. The average Bonchev–Trinajstić information content (AvgIpc) is 2.60. The van der Waals surface area contributed by atoms with Gasteiger partial charge in [0.2, 0.25) is 0 Å². The molecule has 0 atom stereocenters. The summed E-state index contributed by atoms with van der Waals surface area (Å²) < 4.78 is 4.46. The van der Waals surface area contributed by atoms with E-state index in [1.54, 1.807) is 13.0 Å². The van der Waals surface area contributed by atoms with E-state index in [-0.39, 0.29) is 22.5 Å². The molecule has 2 aromatic carbocycles. The second kappa shape index (κ2) is 9.04. The Bertz CT molecular complexity index is 908. The fourth-order valence-corrected chi connectivity index (χ4v) is 2.25. The first-order valence-electron chi connectivity index (χ1n) is 7.41. The molecule has 0 unspecified atom stereocenters. The predicted octanol–water partition coefficient (Wildman–Crippen LogP) is 3.29. The quantitative estimate of drug-likeness (QED) is 0.485. The van der Waals surface area contributed by atoms with Crippen molar-refractivity contribution in [3.05, 3.63) is 78.9 Å². The summed E-state index contributed by atoms with van der Waals surface area (Å²) in [6.45, 7) is 3.15. The monoisotopic (exact) mass is 376 g/mol. The Hall–Kier alpha value is -3.82. The third-order valence-electron chi connectivity index (χ3n) is 3.50. The summed E-state index contributed by atoms with van der Waals surface area (Å²) in [4.78, 5) is 41.6. The van der Waals surface area contributed by atoms with E-state index in [0.29, 0.717) is 11.1 Å². The van der Waals surface area contributed by atoms with Gasteiger partial charge in [0.1, 0.15) is 11.1 Å². The predicted molar refractivity (Wildman–Crippen MR) is 94.0 cm³/mol. The van der Waals surface area contributed by atoms with Gasteiger partial charge in [-0.25, -0.2) is 9.59 Å².